The van der Waals surface area contributed by atoms with E-state index in [0.717, 1.165) is 38.5 Å². The predicted molar refractivity (Wildman–Crippen MR) is 215 cm³/mol. The number of carbonyl (C=O) groups excluding carboxylic acids is 3. The van der Waals surface area contributed by atoms with Crippen molar-refractivity contribution in [1.29, 1.82) is 0 Å². The van der Waals surface area contributed by atoms with Crippen LogP contribution in [0.1, 0.15) is 101 Å². The Morgan fingerprint density at radius 1 is 0.672 bits per heavy atom. The molecule has 0 atom stereocenters. The van der Waals surface area contributed by atoms with Crippen molar-refractivity contribution in [1.82, 2.24) is 15.6 Å². The number of ether oxygens (including phenoxy) is 6. The number of esters is 1. The Morgan fingerprint density at radius 2 is 1.24 bits per heavy atom. The minimum atomic E-state index is -3.67. The fourth-order valence-electron chi connectivity index (χ4n) is 5.27. The molecule has 17 heteroatoms. The smallest absolute Gasteiger partial charge is 0.329 e. The second-order valence-corrected chi connectivity index (χ2v) is 16.5. The van der Waals surface area contributed by atoms with E-state index in [0.29, 0.717) is 24.5 Å². The van der Waals surface area contributed by atoms with Gasteiger partial charge in [-0.05, 0) is 70.0 Å². The van der Waals surface area contributed by atoms with Crippen molar-refractivity contribution >= 4 is 33.6 Å². The Morgan fingerprint density at radius 3 is 1.83 bits per heavy atom. The van der Waals surface area contributed by atoms with Gasteiger partial charge in [-0.25, -0.2) is 13.2 Å². The summed E-state index contributed by atoms with van der Waals surface area (Å²) in [7, 11) is -3.67. The first-order valence-electron chi connectivity index (χ1n) is 20.0. The molecule has 0 saturated carbocycles. The highest BCUT2D eigenvalue weighted by Crippen LogP contribution is 2.20. The molecule has 0 aliphatic rings. The van der Waals surface area contributed by atoms with Crippen molar-refractivity contribution in [3.8, 4) is 5.75 Å². The molecule has 2 aromatic rings. The summed E-state index contributed by atoms with van der Waals surface area (Å²) in [6.45, 7) is 7.37. The number of benzene rings is 1. The van der Waals surface area contributed by atoms with Gasteiger partial charge in [-0.1, -0.05) is 44.9 Å². The topological polar surface area (TPSA) is 215 Å². The Bertz CT molecular complexity index is 1580. The first kappa shape index (κ1) is 50.0. The molecule has 1 aromatic carbocycles. The van der Waals surface area contributed by atoms with Crippen molar-refractivity contribution in [2.75, 3.05) is 72.6 Å². The van der Waals surface area contributed by atoms with Gasteiger partial charge in [0.15, 0.2) is 9.84 Å². The first-order chi connectivity index (χ1) is 27.7. The number of carboxylic acids is 1. The summed E-state index contributed by atoms with van der Waals surface area (Å²) in [4.78, 5) is 50.7. The molecule has 0 bridgehead atoms. The van der Waals surface area contributed by atoms with Crippen LogP contribution in [0.4, 0.5) is 0 Å². The fourth-order valence-corrected chi connectivity index (χ4v) is 6.55. The van der Waals surface area contributed by atoms with E-state index in [2.05, 4.69) is 15.6 Å². The molecule has 0 spiro atoms. The molecular weight excluding hydrogens is 775 g/mol. The quantitative estimate of drug-likeness (QED) is 0.0658. The largest absolute Gasteiger partial charge is 0.494 e. The Kier molecular flexibility index (Phi) is 25.1. The molecule has 2 rings (SSSR count). The fraction of sp³-hybridized carbons (Fsp3) is 0.634. The van der Waals surface area contributed by atoms with E-state index in [4.69, 9.17) is 33.5 Å². The van der Waals surface area contributed by atoms with Gasteiger partial charge in [0.2, 0.25) is 5.91 Å². The van der Waals surface area contributed by atoms with Crippen molar-refractivity contribution in [3.63, 3.8) is 0 Å². The number of carboxylic acid groups (broad SMARTS) is 1. The zero-order valence-corrected chi connectivity index (χ0v) is 35.1. The number of rotatable bonds is 33. The van der Waals surface area contributed by atoms with E-state index in [-0.39, 0.29) is 99.9 Å². The second kappa shape index (κ2) is 29.1. The Balaban J connectivity index is 1.51. The Hall–Kier alpha value is -4.16. The average Bonchev–Trinajstić information content (AvgIpc) is 3.16. The average molecular weight is 838 g/mol. The van der Waals surface area contributed by atoms with Crippen molar-refractivity contribution in [2.24, 2.45) is 0 Å². The highest BCUT2D eigenvalue weighted by molar-refractivity contribution is 7.90. The van der Waals surface area contributed by atoms with Gasteiger partial charge < -0.3 is 44.2 Å². The lowest BCUT2D eigenvalue weighted by Crippen LogP contribution is -2.31. The van der Waals surface area contributed by atoms with Crippen LogP contribution in [0.5, 0.6) is 5.75 Å². The SMILES string of the molecule is CC(C)(C)OC(=O)CCCCCCCCCCCOc1ccc(S(=O)(=O)Cc2ccc(C(=O)NCCOCCOCC(=O)NCCOCCOCC(=O)O)cn2)cc1. The van der Waals surface area contributed by atoms with E-state index < -0.39 is 21.4 Å². The highest BCUT2D eigenvalue weighted by atomic mass is 32.2. The van der Waals surface area contributed by atoms with Gasteiger partial charge in [0.25, 0.3) is 5.91 Å². The van der Waals surface area contributed by atoms with E-state index in [1.807, 2.05) is 20.8 Å². The van der Waals surface area contributed by atoms with Crippen LogP contribution in [0.2, 0.25) is 0 Å². The number of amides is 2. The summed E-state index contributed by atoms with van der Waals surface area (Å²) in [6, 6.07) is 9.39. The summed E-state index contributed by atoms with van der Waals surface area (Å²) in [5.41, 5.74) is 0.159. The zero-order chi connectivity index (χ0) is 42.5. The monoisotopic (exact) mass is 837 g/mol. The minimum Gasteiger partial charge on any atom is -0.494 e. The molecule has 0 aliphatic heterocycles. The van der Waals surface area contributed by atoms with Crippen LogP contribution >= 0.6 is 0 Å². The van der Waals surface area contributed by atoms with E-state index >= 15 is 0 Å². The Labute approximate surface area is 343 Å². The van der Waals surface area contributed by atoms with Gasteiger partial charge in [-0.2, -0.15) is 0 Å². The van der Waals surface area contributed by atoms with Crippen molar-refractivity contribution in [2.45, 2.75) is 101 Å². The molecule has 0 saturated heterocycles. The number of hydrogen-bond donors (Lipinski definition) is 3. The van der Waals surface area contributed by atoms with Crippen molar-refractivity contribution in [3.05, 3.63) is 53.9 Å². The summed E-state index contributed by atoms with van der Waals surface area (Å²) in [5.74, 6) is -1.59. The maximum absolute atomic E-state index is 13.0. The third kappa shape index (κ3) is 25.3. The van der Waals surface area contributed by atoms with Crippen LogP contribution in [0.25, 0.3) is 0 Å². The molecule has 16 nitrogen and oxygen atoms in total. The minimum absolute atomic E-state index is 0.121. The van der Waals surface area contributed by atoms with Gasteiger partial charge in [0.1, 0.15) is 24.6 Å². The molecule has 0 radical (unpaired) electrons. The number of aromatic nitrogens is 1. The number of carbonyl (C=O) groups is 4. The lowest BCUT2D eigenvalue weighted by molar-refractivity contribution is -0.155. The normalized spacial score (nSPS) is 11.6. The summed E-state index contributed by atoms with van der Waals surface area (Å²) < 4.78 is 57.9. The molecule has 0 unspecified atom stereocenters. The van der Waals surface area contributed by atoms with E-state index in [1.54, 1.807) is 12.1 Å². The molecule has 0 fully saturated rings. The lowest BCUT2D eigenvalue weighted by atomic mass is 10.1. The molecule has 326 valence electrons. The van der Waals surface area contributed by atoms with Crippen LogP contribution < -0.4 is 15.4 Å². The number of nitrogens with one attached hydrogen (secondary N) is 2. The van der Waals surface area contributed by atoms with Crippen LogP contribution in [-0.2, 0) is 53.7 Å². The molecule has 1 aromatic heterocycles. The third-order valence-electron chi connectivity index (χ3n) is 8.12. The second-order valence-electron chi connectivity index (χ2n) is 14.5. The number of pyridine rings is 1. The molecule has 0 aliphatic carbocycles. The van der Waals surface area contributed by atoms with E-state index in [9.17, 15) is 27.6 Å². The predicted octanol–water partition coefficient (Wildman–Crippen LogP) is 4.67. The molecule has 58 heavy (non-hydrogen) atoms. The summed E-state index contributed by atoms with van der Waals surface area (Å²) in [6.07, 6.45) is 11.5. The van der Waals surface area contributed by atoms with Crippen LogP contribution in [0.3, 0.4) is 0 Å². The number of aliphatic carboxylic acids is 1. The number of unbranched alkanes of at least 4 members (excludes halogenated alkanes) is 8. The highest BCUT2D eigenvalue weighted by Gasteiger charge is 2.18. The van der Waals surface area contributed by atoms with Gasteiger partial charge >= 0.3 is 11.9 Å². The maximum Gasteiger partial charge on any atom is 0.329 e. The summed E-state index contributed by atoms with van der Waals surface area (Å²) in [5, 5.41) is 13.8. The third-order valence-corrected chi connectivity index (χ3v) is 9.79. The van der Waals surface area contributed by atoms with Crippen LogP contribution in [0.15, 0.2) is 47.5 Å². The van der Waals surface area contributed by atoms with Gasteiger partial charge in [-0.15, -0.1) is 0 Å². The maximum atomic E-state index is 13.0. The molecular formula is C41H63N3O13S. The lowest BCUT2D eigenvalue weighted by Gasteiger charge is -2.19. The van der Waals surface area contributed by atoms with Crippen LogP contribution in [-0.4, -0.2) is 120 Å². The number of sulfone groups is 1. The van der Waals surface area contributed by atoms with Crippen LogP contribution in [0, 0.1) is 0 Å². The van der Waals surface area contributed by atoms with Gasteiger partial charge in [-0.3, -0.25) is 19.4 Å². The molecule has 2 amide bonds. The first-order valence-corrected chi connectivity index (χ1v) is 21.6. The van der Waals surface area contributed by atoms with Gasteiger partial charge in [0, 0.05) is 25.7 Å². The van der Waals surface area contributed by atoms with Crippen molar-refractivity contribution < 1.29 is 61.1 Å². The molecule has 3 N–H and O–H groups in total. The number of nitrogens with zero attached hydrogens (tertiary/aromatic N) is 1. The standard InChI is InChI=1S/C41H63N3O13S/c1-41(2,3)57-39(48)13-11-9-7-5-4-6-8-10-12-22-56-35-16-18-36(19-17-35)58(50,51)32-34-15-14-33(29-44-34)40(49)43-21-24-53-25-27-54-30-37(45)42-20-23-52-26-28-55-31-38(46)47/h14-19,29H,4-13,20-28,30-32H2,1-3H3,(H,42,45)(H,43,49)(H,46,47). The zero-order valence-electron chi connectivity index (χ0n) is 34.3. The van der Waals surface area contributed by atoms with E-state index in [1.165, 1.54) is 49.7 Å². The van der Waals surface area contributed by atoms with Gasteiger partial charge in [0.05, 0.1) is 68.2 Å². The summed E-state index contributed by atoms with van der Waals surface area (Å²) >= 11 is 0. The number of hydrogen-bond acceptors (Lipinski definition) is 13. The molecule has 1 heterocycles.